The van der Waals surface area contributed by atoms with Crippen molar-refractivity contribution < 1.29 is 22.7 Å². The van der Waals surface area contributed by atoms with Crippen molar-refractivity contribution in [3.8, 4) is 5.75 Å². The summed E-state index contributed by atoms with van der Waals surface area (Å²) < 4.78 is 34.9. The van der Waals surface area contributed by atoms with Crippen LogP contribution in [0, 0.1) is 6.92 Å². The fraction of sp³-hybridized carbons (Fsp3) is 0.278. The summed E-state index contributed by atoms with van der Waals surface area (Å²) >= 11 is 12.8. The van der Waals surface area contributed by atoms with E-state index in [9.17, 15) is 18.0 Å². The molecule has 0 heterocycles. The Labute approximate surface area is 287 Å². The van der Waals surface area contributed by atoms with Gasteiger partial charge in [-0.15, -0.1) is 0 Å². The van der Waals surface area contributed by atoms with Gasteiger partial charge in [0.15, 0.2) is 0 Å². The van der Waals surface area contributed by atoms with E-state index in [1.807, 2.05) is 51.1 Å². The van der Waals surface area contributed by atoms with Crippen molar-refractivity contribution >= 4 is 50.7 Å². The zero-order valence-electron chi connectivity index (χ0n) is 26.8. The highest BCUT2D eigenvalue weighted by molar-refractivity contribution is 7.92. The lowest BCUT2D eigenvalue weighted by molar-refractivity contribution is -0.140. The topological polar surface area (TPSA) is 96.0 Å². The Morgan fingerprint density at radius 2 is 1.62 bits per heavy atom. The Kier molecular flexibility index (Phi) is 12.3. The first-order valence-electron chi connectivity index (χ1n) is 15.2. The van der Waals surface area contributed by atoms with E-state index in [0.29, 0.717) is 27.8 Å². The Morgan fingerprint density at radius 1 is 0.915 bits per heavy atom. The number of nitrogens with zero attached hydrogens (tertiary/aromatic N) is 2. The number of halogens is 2. The molecule has 11 heteroatoms. The molecule has 2 atom stereocenters. The minimum absolute atomic E-state index is 0.0152. The SMILES string of the molecule is CC[C@@H](C)NC(=O)[C@H](Cc1ccccc1)N(Cc1ccc(Cl)cc1Cl)C(=O)CN(c1cccc(OC)c1)S(=O)(=O)c1ccc(C)cc1. The molecule has 0 saturated heterocycles. The van der Waals surface area contributed by atoms with Crippen LogP contribution in [-0.2, 0) is 32.6 Å². The molecule has 248 valence electrons. The maximum atomic E-state index is 14.6. The number of aryl methyl sites for hydroxylation is 1. The van der Waals surface area contributed by atoms with Crippen LogP contribution < -0.4 is 14.4 Å². The van der Waals surface area contributed by atoms with Gasteiger partial charge in [-0.1, -0.05) is 90.3 Å². The van der Waals surface area contributed by atoms with E-state index in [1.165, 1.54) is 24.1 Å². The van der Waals surface area contributed by atoms with Crippen LogP contribution >= 0.6 is 23.2 Å². The van der Waals surface area contributed by atoms with Gasteiger partial charge in [-0.3, -0.25) is 13.9 Å². The Hall–Kier alpha value is -4.05. The highest BCUT2D eigenvalue weighted by Crippen LogP contribution is 2.29. The third-order valence-corrected chi connectivity index (χ3v) is 10.2. The van der Waals surface area contributed by atoms with Gasteiger partial charge in [-0.25, -0.2) is 8.42 Å². The fourth-order valence-electron chi connectivity index (χ4n) is 4.96. The first kappa shape index (κ1) is 35.8. The summed E-state index contributed by atoms with van der Waals surface area (Å²) in [6, 6.07) is 26.0. The summed E-state index contributed by atoms with van der Waals surface area (Å²) in [5.41, 5.74) is 2.49. The van der Waals surface area contributed by atoms with Gasteiger partial charge in [0.25, 0.3) is 10.0 Å². The predicted octanol–water partition coefficient (Wildman–Crippen LogP) is 7.06. The molecule has 0 bridgehead atoms. The number of carbonyl (C=O) groups is 2. The molecular weight excluding hydrogens is 657 g/mol. The number of hydrogen-bond donors (Lipinski definition) is 1. The van der Waals surface area contributed by atoms with Crippen molar-refractivity contribution in [3.05, 3.63) is 124 Å². The van der Waals surface area contributed by atoms with E-state index >= 15 is 0 Å². The van der Waals surface area contributed by atoms with E-state index in [4.69, 9.17) is 27.9 Å². The monoisotopic (exact) mass is 695 g/mol. The molecule has 1 N–H and O–H groups in total. The van der Waals surface area contributed by atoms with E-state index in [2.05, 4.69) is 5.32 Å². The number of ether oxygens (including phenoxy) is 1. The van der Waals surface area contributed by atoms with Gasteiger partial charge in [-0.2, -0.15) is 0 Å². The standard InChI is InChI=1S/C36H39Cl2N3O5S/c1-5-26(3)39-36(43)34(20-27-10-7-6-8-11-27)40(23-28-16-17-29(37)21-33(28)38)35(42)24-41(30-12-9-13-31(22-30)46-4)47(44,45)32-18-14-25(2)15-19-32/h6-19,21-22,26,34H,5,20,23-24H2,1-4H3,(H,39,43)/t26-,34+/m1/s1. The smallest absolute Gasteiger partial charge is 0.264 e. The normalized spacial score (nSPS) is 12.6. The van der Waals surface area contributed by atoms with Crippen molar-refractivity contribution in [3.63, 3.8) is 0 Å². The van der Waals surface area contributed by atoms with Gasteiger partial charge in [-0.05, 0) is 67.8 Å². The number of benzene rings is 4. The summed E-state index contributed by atoms with van der Waals surface area (Å²) in [6.45, 7) is 5.03. The molecule has 47 heavy (non-hydrogen) atoms. The van der Waals surface area contributed by atoms with Crippen LogP contribution in [0.15, 0.2) is 102 Å². The number of sulfonamides is 1. The van der Waals surface area contributed by atoms with Gasteiger partial charge in [0.1, 0.15) is 18.3 Å². The molecule has 0 aromatic heterocycles. The van der Waals surface area contributed by atoms with E-state index in [-0.39, 0.29) is 35.5 Å². The van der Waals surface area contributed by atoms with Crippen LogP contribution in [0.2, 0.25) is 10.0 Å². The van der Waals surface area contributed by atoms with Crippen molar-refractivity contribution in [1.29, 1.82) is 0 Å². The van der Waals surface area contributed by atoms with Crippen molar-refractivity contribution in [2.75, 3.05) is 18.0 Å². The Bertz CT molecular complexity index is 1790. The number of hydrogen-bond acceptors (Lipinski definition) is 5. The van der Waals surface area contributed by atoms with Gasteiger partial charge < -0.3 is 15.0 Å². The van der Waals surface area contributed by atoms with Crippen molar-refractivity contribution in [1.82, 2.24) is 10.2 Å². The molecule has 0 fully saturated rings. The molecular formula is C36H39Cl2N3O5S. The van der Waals surface area contributed by atoms with Crippen LogP contribution in [0.4, 0.5) is 5.69 Å². The van der Waals surface area contributed by atoms with Crippen LogP contribution in [-0.4, -0.2) is 50.9 Å². The lowest BCUT2D eigenvalue weighted by Crippen LogP contribution is -2.54. The quantitative estimate of drug-likeness (QED) is 0.152. The highest BCUT2D eigenvalue weighted by atomic mass is 35.5. The Morgan fingerprint density at radius 3 is 2.26 bits per heavy atom. The number of anilines is 1. The average molecular weight is 697 g/mol. The van der Waals surface area contributed by atoms with Gasteiger partial charge in [0, 0.05) is 35.1 Å². The van der Waals surface area contributed by atoms with Gasteiger partial charge >= 0.3 is 0 Å². The zero-order chi connectivity index (χ0) is 34.1. The van der Waals surface area contributed by atoms with Gasteiger partial charge in [0.2, 0.25) is 11.8 Å². The van der Waals surface area contributed by atoms with Crippen LogP contribution in [0.5, 0.6) is 5.75 Å². The Balaban J connectivity index is 1.84. The molecule has 0 saturated carbocycles. The lowest BCUT2D eigenvalue weighted by atomic mass is 10.0. The molecule has 8 nitrogen and oxygen atoms in total. The second-order valence-corrected chi connectivity index (χ2v) is 14.0. The van der Waals surface area contributed by atoms with Gasteiger partial charge in [0.05, 0.1) is 17.7 Å². The summed E-state index contributed by atoms with van der Waals surface area (Å²) in [5.74, 6) is -0.551. The van der Waals surface area contributed by atoms with E-state index in [0.717, 1.165) is 15.4 Å². The first-order chi connectivity index (χ1) is 22.4. The summed E-state index contributed by atoms with van der Waals surface area (Å²) in [5, 5.41) is 3.75. The number of nitrogens with one attached hydrogen (secondary N) is 1. The lowest BCUT2D eigenvalue weighted by Gasteiger charge is -2.34. The van der Waals surface area contributed by atoms with Crippen LogP contribution in [0.3, 0.4) is 0 Å². The molecule has 0 aliphatic carbocycles. The summed E-state index contributed by atoms with van der Waals surface area (Å²) in [7, 11) is -2.78. The molecule has 4 aromatic carbocycles. The number of methoxy groups -OCH3 is 1. The van der Waals surface area contributed by atoms with E-state index < -0.39 is 28.5 Å². The van der Waals surface area contributed by atoms with Crippen molar-refractivity contribution in [2.24, 2.45) is 0 Å². The fourth-order valence-corrected chi connectivity index (χ4v) is 6.83. The minimum Gasteiger partial charge on any atom is -0.497 e. The predicted molar refractivity (Wildman–Crippen MR) is 188 cm³/mol. The molecule has 0 radical (unpaired) electrons. The molecule has 4 rings (SSSR count). The minimum atomic E-state index is -4.25. The third kappa shape index (κ3) is 9.28. The van der Waals surface area contributed by atoms with Crippen LogP contribution in [0.25, 0.3) is 0 Å². The molecule has 0 spiro atoms. The summed E-state index contributed by atoms with van der Waals surface area (Å²) in [4.78, 5) is 30.0. The maximum Gasteiger partial charge on any atom is 0.264 e. The summed E-state index contributed by atoms with van der Waals surface area (Å²) in [6.07, 6.45) is 0.864. The molecule has 0 unspecified atom stereocenters. The molecule has 0 aliphatic rings. The highest BCUT2D eigenvalue weighted by Gasteiger charge is 2.35. The van der Waals surface area contributed by atoms with Crippen molar-refractivity contribution in [2.45, 2.75) is 57.1 Å². The third-order valence-electron chi connectivity index (χ3n) is 7.86. The molecule has 0 aliphatic heterocycles. The molecule has 4 aromatic rings. The first-order valence-corrected chi connectivity index (χ1v) is 17.4. The number of amides is 2. The average Bonchev–Trinajstić information content (AvgIpc) is 3.06. The maximum absolute atomic E-state index is 14.6. The molecule has 2 amide bonds. The number of rotatable bonds is 14. The second kappa shape index (κ2) is 16.2. The zero-order valence-corrected chi connectivity index (χ0v) is 29.1. The second-order valence-electron chi connectivity index (χ2n) is 11.3. The largest absolute Gasteiger partial charge is 0.497 e. The van der Waals surface area contributed by atoms with Crippen LogP contribution in [0.1, 0.15) is 37.0 Å². The number of carbonyl (C=O) groups excluding carboxylic acids is 2. The van der Waals surface area contributed by atoms with E-state index in [1.54, 1.807) is 54.6 Å².